The maximum absolute atomic E-state index is 5.04. The van der Waals surface area contributed by atoms with E-state index in [0.29, 0.717) is 0 Å². The number of thioether (sulfide) groups is 1. The van der Waals surface area contributed by atoms with Crippen LogP contribution in [0.4, 0.5) is 5.69 Å². The van der Waals surface area contributed by atoms with Gasteiger partial charge in [0.05, 0.1) is 11.4 Å². The van der Waals surface area contributed by atoms with Crippen LogP contribution in [0.25, 0.3) is 11.1 Å². The third-order valence-electron chi connectivity index (χ3n) is 4.62. The van der Waals surface area contributed by atoms with Crippen LogP contribution < -0.4 is 5.32 Å². The molecule has 2 heterocycles. The van der Waals surface area contributed by atoms with Gasteiger partial charge in [-0.05, 0) is 36.8 Å². The Morgan fingerprint density at radius 1 is 1.11 bits per heavy atom. The predicted octanol–water partition coefficient (Wildman–Crippen LogP) is 6.74. The standard InChI is InChI=1S/C23H29N3S2/c1-15-7-9-17(10-8-15)20-18(14-28-22-25-11-12-27-22)16(2)26-19(21(20)24-6)13-23(3,4)5/h7-12,24H,13-14H2,1-6H3. The Labute approximate surface area is 177 Å². The van der Waals surface area contributed by atoms with E-state index in [0.717, 1.165) is 33.6 Å². The summed E-state index contributed by atoms with van der Waals surface area (Å²) in [5, 5.41) is 5.50. The van der Waals surface area contributed by atoms with Crippen molar-refractivity contribution in [3.63, 3.8) is 0 Å². The lowest BCUT2D eigenvalue weighted by Gasteiger charge is -2.24. The van der Waals surface area contributed by atoms with E-state index in [1.807, 2.05) is 18.6 Å². The number of aryl methyl sites for hydroxylation is 2. The molecule has 0 bridgehead atoms. The highest BCUT2D eigenvalue weighted by Crippen LogP contribution is 2.40. The van der Waals surface area contributed by atoms with Crippen molar-refractivity contribution in [2.45, 2.75) is 51.1 Å². The number of rotatable bonds is 6. The monoisotopic (exact) mass is 411 g/mol. The van der Waals surface area contributed by atoms with Crippen LogP contribution in [0, 0.1) is 19.3 Å². The number of nitrogens with zero attached hydrogens (tertiary/aromatic N) is 2. The summed E-state index contributed by atoms with van der Waals surface area (Å²) in [5.41, 5.74) is 8.65. The lowest BCUT2D eigenvalue weighted by Crippen LogP contribution is -2.15. The van der Waals surface area contributed by atoms with E-state index in [2.05, 4.69) is 69.2 Å². The normalized spacial score (nSPS) is 11.6. The lowest BCUT2D eigenvalue weighted by atomic mass is 9.87. The maximum Gasteiger partial charge on any atom is 0.150 e. The minimum Gasteiger partial charge on any atom is -0.386 e. The average molecular weight is 412 g/mol. The van der Waals surface area contributed by atoms with E-state index in [9.17, 15) is 0 Å². The van der Waals surface area contributed by atoms with Gasteiger partial charge >= 0.3 is 0 Å². The van der Waals surface area contributed by atoms with Crippen molar-refractivity contribution < 1.29 is 0 Å². The Morgan fingerprint density at radius 2 is 1.82 bits per heavy atom. The van der Waals surface area contributed by atoms with Crippen LogP contribution in [0.15, 0.2) is 40.2 Å². The highest BCUT2D eigenvalue weighted by molar-refractivity contribution is 8.00. The van der Waals surface area contributed by atoms with E-state index < -0.39 is 0 Å². The summed E-state index contributed by atoms with van der Waals surface area (Å²) in [6.45, 7) is 11.1. The Bertz CT molecular complexity index is 924. The first kappa shape index (κ1) is 20.9. The molecule has 0 saturated carbocycles. The zero-order valence-corrected chi connectivity index (χ0v) is 19.2. The average Bonchev–Trinajstić information content (AvgIpc) is 3.13. The third-order valence-corrected chi connectivity index (χ3v) is 6.61. The Balaban J connectivity index is 2.14. The minimum atomic E-state index is 0.173. The molecular weight excluding hydrogens is 382 g/mol. The first-order valence-electron chi connectivity index (χ1n) is 9.58. The molecule has 3 aromatic rings. The second-order valence-electron chi connectivity index (χ2n) is 8.31. The molecule has 0 aliphatic carbocycles. The largest absolute Gasteiger partial charge is 0.386 e. The second kappa shape index (κ2) is 8.66. The van der Waals surface area contributed by atoms with E-state index in [1.54, 1.807) is 23.1 Å². The summed E-state index contributed by atoms with van der Waals surface area (Å²) < 4.78 is 1.10. The molecule has 1 aromatic carbocycles. The van der Waals surface area contributed by atoms with Crippen LogP contribution >= 0.6 is 23.1 Å². The van der Waals surface area contributed by atoms with Gasteiger partial charge < -0.3 is 5.32 Å². The maximum atomic E-state index is 5.04. The van der Waals surface area contributed by atoms with Crippen LogP contribution in [0.1, 0.15) is 43.3 Å². The molecular formula is C23H29N3S2. The second-order valence-corrected chi connectivity index (χ2v) is 10.4. The molecule has 3 rings (SSSR count). The van der Waals surface area contributed by atoms with Crippen LogP contribution in [-0.4, -0.2) is 17.0 Å². The highest BCUT2D eigenvalue weighted by Gasteiger charge is 2.22. The fourth-order valence-electron chi connectivity index (χ4n) is 3.33. The zero-order valence-electron chi connectivity index (χ0n) is 17.6. The van der Waals surface area contributed by atoms with Crippen LogP contribution in [-0.2, 0) is 12.2 Å². The van der Waals surface area contributed by atoms with E-state index in [1.165, 1.54) is 22.3 Å². The molecule has 0 amide bonds. The molecule has 0 atom stereocenters. The number of nitrogens with one attached hydrogen (secondary N) is 1. The fourth-order valence-corrected chi connectivity index (χ4v) is 5.06. The van der Waals surface area contributed by atoms with Gasteiger partial charge in [0.25, 0.3) is 0 Å². The van der Waals surface area contributed by atoms with Gasteiger partial charge in [0.2, 0.25) is 0 Å². The summed E-state index contributed by atoms with van der Waals surface area (Å²) in [5.74, 6) is 0.861. The van der Waals surface area contributed by atoms with Gasteiger partial charge in [0, 0.05) is 35.6 Å². The fraction of sp³-hybridized carbons (Fsp3) is 0.391. The quantitative estimate of drug-likeness (QED) is 0.456. The first-order valence-corrected chi connectivity index (χ1v) is 11.4. The molecule has 28 heavy (non-hydrogen) atoms. The van der Waals surface area contributed by atoms with Crippen molar-refractivity contribution in [1.82, 2.24) is 9.97 Å². The number of thiazole rings is 1. The molecule has 0 fully saturated rings. The van der Waals surface area contributed by atoms with Crippen molar-refractivity contribution in [1.29, 1.82) is 0 Å². The third kappa shape index (κ3) is 4.95. The number of benzene rings is 1. The van der Waals surface area contributed by atoms with Crippen molar-refractivity contribution in [2.24, 2.45) is 5.41 Å². The first-order chi connectivity index (χ1) is 13.3. The number of pyridine rings is 1. The van der Waals surface area contributed by atoms with Crippen LogP contribution in [0.3, 0.4) is 0 Å². The molecule has 3 nitrogen and oxygen atoms in total. The molecule has 5 heteroatoms. The number of hydrogen-bond donors (Lipinski definition) is 1. The van der Waals surface area contributed by atoms with E-state index >= 15 is 0 Å². The molecule has 148 valence electrons. The molecule has 1 N–H and O–H groups in total. The molecule has 0 unspecified atom stereocenters. The highest BCUT2D eigenvalue weighted by atomic mass is 32.2. The molecule has 0 radical (unpaired) electrons. The Kier molecular flexibility index (Phi) is 6.46. The van der Waals surface area contributed by atoms with Crippen LogP contribution in [0.5, 0.6) is 0 Å². The van der Waals surface area contributed by atoms with E-state index in [4.69, 9.17) is 4.98 Å². The Hall–Kier alpha value is -1.85. The number of aromatic nitrogens is 2. The van der Waals surface area contributed by atoms with Crippen LogP contribution in [0.2, 0.25) is 0 Å². The molecule has 0 saturated heterocycles. The topological polar surface area (TPSA) is 37.8 Å². The minimum absolute atomic E-state index is 0.173. The Morgan fingerprint density at radius 3 is 2.39 bits per heavy atom. The summed E-state index contributed by atoms with van der Waals surface area (Å²) in [4.78, 5) is 9.47. The SMILES string of the molecule is CNc1c(CC(C)(C)C)nc(C)c(CSc2nccs2)c1-c1ccc(C)cc1. The number of hydrogen-bond acceptors (Lipinski definition) is 5. The molecule has 2 aromatic heterocycles. The van der Waals surface area contributed by atoms with Crippen molar-refractivity contribution in [3.8, 4) is 11.1 Å². The van der Waals surface area contributed by atoms with Gasteiger partial charge in [-0.1, -0.05) is 62.4 Å². The predicted molar refractivity (Wildman–Crippen MR) is 124 cm³/mol. The molecule has 0 spiro atoms. The van der Waals surface area contributed by atoms with Crippen molar-refractivity contribution >= 4 is 28.8 Å². The summed E-state index contributed by atoms with van der Waals surface area (Å²) in [6, 6.07) is 8.82. The van der Waals surface area contributed by atoms with Gasteiger partial charge in [-0.2, -0.15) is 0 Å². The van der Waals surface area contributed by atoms with Crippen molar-refractivity contribution in [3.05, 3.63) is 58.4 Å². The summed E-state index contributed by atoms with van der Waals surface area (Å²) >= 11 is 3.47. The van der Waals surface area contributed by atoms with E-state index in [-0.39, 0.29) is 5.41 Å². The summed E-state index contributed by atoms with van der Waals surface area (Å²) in [7, 11) is 2.01. The van der Waals surface area contributed by atoms with Gasteiger partial charge in [-0.3, -0.25) is 4.98 Å². The molecule has 0 aliphatic heterocycles. The van der Waals surface area contributed by atoms with Crippen molar-refractivity contribution in [2.75, 3.05) is 12.4 Å². The molecule has 0 aliphatic rings. The smallest absolute Gasteiger partial charge is 0.150 e. The van der Waals surface area contributed by atoms with Gasteiger partial charge in [-0.25, -0.2) is 4.98 Å². The zero-order chi connectivity index (χ0) is 20.3. The van der Waals surface area contributed by atoms with Gasteiger partial charge in [-0.15, -0.1) is 11.3 Å². The number of anilines is 1. The lowest BCUT2D eigenvalue weighted by molar-refractivity contribution is 0.406. The van der Waals surface area contributed by atoms with Gasteiger partial charge in [0.15, 0.2) is 0 Å². The summed E-state index contributed by atoms with van der Waals surface area (Å²) in [6.07, 6.45) is 2.80. The van der Waals surface area contributed by atoms with Gasteiger partial charge in [0.1, 0.15) is 4.34 Å².